The summed E-state index contributed by atoms with van der Waals surface area (Å²) in [6.07, 6.45) is 1.67. The lowest BCUT2D eigenvalue weighted by atomic mass is 10.2. The number of hydrogen-bond donors (Lipinski definition) is 1. The molecule has 1 aromatic heterocycles. The molecule has 2 nitrogen and oxygen atoms in total. The maximum absolute atomic E-state index is 6.08. The molecule has 0 spiro atoms. The SMILES string of the molecule is CC(NCc1cc(Cl)ccc1Cl)c1ccco1. The summed E-state index contributed by atoms with van der Waals surface area (Å²) in [5, 5.41) is 4.74. The van der Waals surface area contributed by atoms with E-state index in [1.54, 1.807) is 18.4 Å². The third kappa shape index (κ3) is 3.25. The van der Waals surface area contributed by atoms with Crippen LogP contribution in [0.4, 0.5) is 0 Å². The minimum atomic E-state index is 0.139. The van der Waals surface area contributed by atoms with Crippen LogP contribution in [0.1, 0.15) is 24.3 Å². The van der Waals surface area contributed by atoms with Crippen LogP contribution >= 0.6 is 23.2 Å². The summed E-state index contributed by atoms with van der Waals surface area (Å²) < 4.78 is 5.32. The Morgan fingerprint density at radius 1 is 1.29 bits per heavy atom. The molecular formula is C13H13Cl2NO. The lowest BCUT2D eigenvalue weighted by molar-refractivity contribution is 0.430. The average molecular weight is 270 g/mol. The Kier molecular flexibility index (Phi) is 4.11. The van der Waals surface area contributed by atoms with E-state index in [2.05, 4.69) is 5.32 Å². The molecule has 1 unspecified atom stereocenters. The molecule has 90 valence electrons. The number of nitrogens with one attached hydrogen (secondary N) is 1. The molecule has 0 amide bonds. The highest BCUT2D eigenvalue weighted by molar-refractivity contribution is 6.33. The third-order valence-electron chi connectivity index (χ3n) is 2.58. The highest BCUT2D eigenvalue weighted by Crippen LogP contribution is 2.21. The van der Waals surface area contributed by atoms with Crippen molar-refractivity contribution in [2.75, 3.05) is 0 Å². The monoisotopic (exact) mass is 269 g/mol. The van der Waals surface area contributed by atoms with Crippen molar-refractivity contribution < 1.29 is 4.42 Å². The zero-order chi connectivity index (χ0) is 12.3. The second-order valence-electron chi connectivity index (χ2n) is 3.85. The van der Waals surface area contributed by atoms with Gasteiger partial charge in [-0.25, -0.2) is 0 Å². The molecule has 1 heterocycles. The second-order valence-corrected chi connectivity index (χ2v) is 4.70. The van der Waals surface area contributed by atoms with Crippen molar-refractivity contribution in [1.29, 1.82) is 0 Å². The minimum Gasteiger partial charge on any atom is -0.468 e. The topological polar surface area (TPSA) is 25.2 Å². The van der Waals surface area contributed by atoms with Crippen molar-refractivity contribution in [3.63, 3.8) is 0 Å². The standard InChI is InChI=1S/C13H13Cl2NO/c1-9(13-3-2-6-17-13)16-8-10-7-11(14)4-5-12(10)15/h2-7,9,16H,8H2,1H3. The number of rotatable bonds is 4. The zero-order valence-electron chi connectivity index (χ0n) is 9.41. The Morgan fingerprint density at radius 2 is 2.12 bits per heavy atom. The van der Waals surface area contributed by atoms with Gasteiger partial charge in [-0.2, -0.15) is 0 Å². The number of hydrogen-bond acceptors (Lipinski definition) is 2. The lowest BCUT2D eigenvalue weighted by Gasteiger charge is -2.12. The summed E-state index contributed by atoms with van der Waals surface area (Å²) >= 11 is 12.0. The molecule has 17 heavy (non-hydrogen) atoms. The second kappa shape index (κ2) is 5.58. The van der Waals surface area contributed by atoms with Crippen LogP contribution in [0.25, 0.3) is 0 Å². The number of furan rings is 1. The summed E-state index contributed by atoms with van der Waals surface area (Å²) in [5.74, 6) is 0.906. The molecule has 1 atom stereocenters. The van der Waals surface area contributed by atoms with E-state index in [0.717, 1.165) is 11.3 Å². The van der Waals surface area contributed by atoms with Crippen molar-refractivity contribution in [2.45, 2.75) is 19.5 Å². The van der Waals surface area contributed by atoms with E-state index in [4.69, 9.17) is 27.6 Å². The predicted molar refractivity (Wildman–Crippen MR) is 70.4 cm³/mol. The third-order valence-corrected chi connectivity index (χ3v) is 3.18. The normalized spacial score (nSPS) is 12.6. The van der Waals surface area contributed by atoms with E-state index in [-0.39, 0.29) is 6.04 Å². The first-order valence-corrected chi connectivity index (χ1v) is 6.13. The van der Waals surface area contributed by atoms with Crippen molar-refractivity contribution in [2.24, 2.45) is 0 Å². The first kappa shape index (κ1) is 12.5. The Morgan fingerprint density at radius 3 is 2.82 bits per heavy atom. The molecule has 0 radical (unpaired) electrons. The fourth-order valence-electron chi connectivity index (χ4n) is 1.58. The van der Waals surface area contributed by atoms with Crippen LogP contribution < -0.4 is 5.32 Å². The zero-order valence-corrected chi connectivity index (χ0v) is 10.9. The molecule has 1 aromatic carbocycles. The van der Waals surface area contributed by atoms with Crippen LogP contribution in [0.3, 0.4) is 0 Å². The van der Waals surface area contributed by atoms with E-state index < -0.39 is 0 Å². The summed E-state index contributed by atoms with van der Waals surface area (Å²) in [5.41, 5.74) is 0.984. The smallest absolute Gasteiger partial charge is 0.120 e. The van der Waals surface area contributed by atoms with Gasteiger partial charge in [-0.05, 0) is 42.8 Å². The van der Waals surface area contributed by atoms with Crippen LogP contribution in [0, 0.1) is 0 Å². The minimum absolute atomic E-state index is 0.139. The summed E-state index contributed by atoms with van der Waals surface area (Å²) in [6.45, 7) is 2.69. The highest BCUT2D eigenvalue weighted by atomic mass is 35.5. The Balaban J connectivity index is 2.00. The summed E-state index contributed by atoms with van der Waals surface area (Å²) in [6, 6.07) is 9.41. The molecule has 4 heteroatoms. The largest absolute Gasteiger partial charge is 0.468 e. The molecule has 1 N–H and O–H groups in total. The molecule has 0 aliphatic rings. The molecule has 0 saturated heterocycles. The average Bonchev–Trinajstić information content (AvgIpc) is 2.83. The van der Waals surface area contributed by atoms with Gasteiger partial charge >= 0.3 is 0 Å². The van der Waals surface area contributed by atoms with Crippen LogP contribution in [0.15, 0.2) is 41.0 Å². The summed E-state index contributed by atoms with van der Waals surface area (Å²) in [7, 11) is 0. The molecule has 0 aliphatic heterocycles. The fourth-order valence-corrected chi connectivity index (χ4v) is 1.96. The van der Waals surface area contributed by atoms with Crippen LogP contribution in [-0.4, -0.2) is 0 Å². The molecule has 2 aromatic rings. The molecule has 0 bridgehead atoms. The molecule has 0 saturated carbocycles. The first-order valence-electron chi connectivity index (χ1n) is 5.37. The Hall–Kier alpha value is -0.960. The van der Waals surface area contributed by atoms with Gasteiger partial charge in [-0.3, -0.25) is 0 Å². The Bertz CT molecular complexity index is 482. The quantitative estimate of drug-likeness (QED) is 0.888. The van der Waals surface area contributed by atoms with Gasteiger partial charge in [0, 0.05) is 16.6 Å². The lowest BCUT2D eigenvalue weighted by Crippen LogP contribution is -2.17. The fraction of sp³-hybridized carbons (Fsp3) is 0.231. The van der Waals surface area contributed by atoms with Gasteiger partial charge in [0.25, 0.3) is 0 Å². The summed E-state index contributed by atoms with van der Waals surface area (Å²) in [4.78, 5) is 0. The van der Waals surface area contributed by atoms with E-state index in [9.17, 15) is 0 Å². The van der Waals surface area contributed by atoms with Gasteiger partial charge in [0.15, 0.2) is 0 Å². The number of benzene rings is 1. The number of halogens is 2. The van der Waals surface area contributed by atoms with Gasteiger partial charge in [-0.1, -0.05) is 23.2 Å². The molecular weight excluding hydrogens is 257 g/mol. The van der Waals surface area contributed by atoms with Crippen molar-refractivity contribution in [1.82, 2.24) is 5.32 Å². The maximum Gasteiger partial charge on any atom is 0.120 e. The van der Waals surface area contributed by atoms with Crippen molar-refractivity contribution >= 4 is 23.2 Å². The van der Waals surface area contributed by atoms with Crippen molar-refractivity contribution in [3.05, 3.63) is 58.0 Å². The van der Waals surface area contributed by atoms with E-state index in [0.29, 0.717) is 16.6 Å². The van der Waals surface area contributed by atoms with Gasteiger partial charge in [-0.15, -0.1) is 0 Å². The Labute approximate surface area is 111 Å². The van der Waals surface area contributed by atoms with E-state index >= 15 is 0 Å². The van der Waals surface area contributed by atoms with Crippen molar-refractivity contribution in [3.8, 4) is 0 Å². The van der Waals surface area contributed by atoms with Crippen LogP contribution in [0.5, 0.6) is 0 Å². The van der Waals surface area contributed by atoms with Crippen LogP contribution in [-0.2, 0) is 6.54 Å². The first-order chi connectivity index (χ1) is 8.16. The highest BCUT2D eigenvalue weighted by Gasteiger charge is 2.08. The molecule has 2 rings (SSSR count). The van der Waals surface area contributed by atoms with Crippen LogP contribution in [0.2, 0.25) is 10.0 Å². The molecule has 0 aliphatic carbocycles. The van der Waals surface area contributed by atoms with Gasteiger partial charge in [0.2, 0.25) is 0 Å². The predicted octanol–water partition coefficient (Wildman–Crippen LogP) is 4.44. The maximum atomic E-state index is 6.08. The molecule has 0 fully saturated rings. The van der Waals surface area contributed by atoms with Gasteiger partial charge in [0.05, 0.1) is 12.3 Å². The van der Waals surface area contributed by atoms with E-state index in [1.165, 1.54) is 0 Å². The van der Waals surface area contributed by atoms with E-state index in [1.807, 2.05) is 25.1 Å². The van der Waals surface area contributed by atoms with Gasteiger partial charge < -0.3 is 9.73 Å². The van der Waals surface area contributed by atoms with Gasteiger partial charge in [0.1, 0.15) is 5.76 Å².